The summed E-state index contributed by atoms with van der Waals surface area (Å²) >= 11 is 0. The van der Waals surface area contributed by atoms with Gasteiger partial charge >= 0.3 is 0 Å². The second-order valence-electron chi connectivity index (χ2n) is 2.72. The predicted octanol–water partition coefficient (Wildman–Crippen LogP) is 4.32. The first-order chi connectivity index (χ1) is 8.79. The normalized spacial score (nSPS) is 10.7. The summed E-state index contributed by atoms with van der Waals surface area (Å²) in [5.41, 5.74) is 0. The number of aromatic nitrogens is 1. The van der Waals surface area contributed by atoms with Gasteiger partial charge in [0, 0.05) is 6.20 Å². The van der Waals surface area contributed by atoms with Crippen molar-refractivity contribution in [2.24, 2.45) is 0 Å². The number of hydrogen-bond acceptors (Lipinski definition) is 1. The van der Waals surface area contributed by atoms with Gasteiger partial charge in [-0.25, -0.2) is 0 Å². The quantitative estimate of drug-likeness (QED) is 0.624. The highest BCUT2D eigenvalue weighted by molar-refractivity contribution is 5.24. The third kappa shape index (κ3) is 12.7. The smallest absolute Gasteiger partial charge is 0.0656 e. The predicted molar refractivity (Wildman–Crippen MR) is 86.9 cm³/mol. The standard InChI is InChI=1S/C9H11N.C4H8.2C2H6/c1-3-8-6-5-7-10-9(8)4-2;1-3-4-2;2*1-2/h3-7H,1-2H3;3-4H,1-2H3;2*1-2H3/b8-3-,9-4+;4-3-;;. The summed E-state index contributed by atoms with van der Waals surface area (Å²) in [6.45, 7) is 16.0. The van der Waals surface area contributed by atoms with Gasteiger partial charge in [-0.3, -0.25) is 4.98 Å². The molecule has 0 amide bonds. The Balaban J connectivity index is -0.000000238. The summed E-state index contributed by atoms with van der Waals surface area (Å²) in [5.74, 6) is 0. The molecular weight excluding hydrogens is 218 g/mol. The van der Waals surface area contributed by atoms with Gasteiger partial charge in [-0.2, -0.15) is 0 Å². The minimum absolute atomic E-state index is 1.06. The van der Waals surface area contributed by atoms with Crippen LogP contribution in [0.2, 0.25) is 0 Å². The Morgan fingerprint density at radius 3 is 1.61 bits per heavy atom. The zero-order valence-electron chi connectivity index (χ0n) is 13.5. The Morgan fingerprint density at radius 2 is 1.33 bits per heavy atom. The van der Waals surface area contributed by atoms with Crippen LogP contribution in [0.25, 0.3) is 12.2 Å². The molecule has 104 valence electrons. The maximum Gasteiger partial charge on any atom is 0.0656 e. The van der Waals surface area contributed by atoms with Crippen LogP contribution in [0, 0.1) is 0 Å². The fourth-order valence-electron chi connectivity index (χ4n) is 0.915. The second-order valence-corrected chi connectivity index (χ2v) is 2.72. The fraction of sp³-hybridized carbons (Fsp3) is 0.471. The molecule has 1 aromatic heterocycles. The average Bonchev–Trinajstić information content (AvgIpc) is 2.51. The Hall–Kier alpha value is -1.37. The van der Waals surface area contributed by atoms with E-state index in [1.54, 1.807) is 0 Å². The molecule has 18 heavy (non-hydrogen) atoms. The van der Waals surface area contributed by atoms with Crippen LogP contribution in [0.5, 0.6) is 0 Å². The number of hydrogen-bond donors (Lipinski definition) is 0. The SMILES string of the molecule is C/C=C\C.C/C=c1/cccn/c1=C/C.CC.CC. The summed E-state index contributed by atoms with van der Waals surface area (Å²) in [5, 5.41) is 2.26. The lowest BCUT2D eigenvalue weighted by atomic mass is 10.3. The summed E-state index contributed by atoms with van der Waals surface area (Å²) < 4.78 is 0. The van der Waals surface area contributed by atoms with Crippen molar-refractivity contribution in [1.29, 1.82) is 0 Å². The van der Waals surface area contributed by atoms with E-state index < -0.39 is 0 Å². The van der Waals surface area contributed by atoms with Crippen LogP contribution in [0.4, 0.5) is 0 Å². The van der Waals surface area contributed by atoms with Crippen LogP contribution in [-0.4, -0.2) is 4.98 Å². The average molecular weight is 249 g/mol. The van der Waals surface area contributed by atoms with Crippen LogP contribution in [0.1, 0.15) is 55.4 Å². The topological polar surface area (TPSA) is 12.9 Å². The minimum atomic E-state index is 1.06. The van der Waals surface area contributed by atoms with Crippen LogP contribution in [0.15, 0.2) is 30.5 Å². The molecular formula is C17H31N. The zero-order chi connectivity index (χ0) is 14.8. The van der Waals surface area contributed by atoms with Crippen molar-refractivity contribution in [3.63, 3.8) is 0 Å². The van der Waals surface area contributed by atoms with Gasteiger partial charge in [0.15, 0.2) is 0 Å². The summed E-state index contributed by atoms with van der Waals surface area (Å²) in [6, 6.07) is 4.00. The highest BCUT2D eigenvalue weighted by atomic mass is 14.6. The first kappa shape index (κ1) is 21.9. The van der Waals surface area contributed by atoms with E-state index in [9.17, 15) is 0 Å². The van der Waals surface area contributed by atoms with E-state index >= 15 is 0 Å². The molecule has 1 heteroatoms. The Morgan fingerprint density at radius 1 is 0.833 bits per heavy atom. The number of rotatable bonds is 0. The molecule has 1 heterocycles. The molecule has 0 atom stereocenters. The Labute approximate surface area is 114 Å². The molecule has 0 fully saturated rings. The van der Waals surface area contributed by atoms with Crippen molar-refractivity contribution in [3.05, 3.63) is 41.0 Å². The highest BCUT2D eigenvalue weighted by Gasteiger charge is 1.78. The summed E-state index contributed by atoms with van der Waals surface area (Å²) in [7, 11) is 0. The van der Waals surface area contributed by atoms with Gasteiger partial charge in [-0.05, 0) is 39.0 Å². The van der Waals surface area contributed by atoms with E-state index in [-0.39, 0.29) is 0 Å². The largest absolute Gasteiger partial charge is 0.257 e. The number of nitrogens with zero attached hydrogens (tertiary/aromatic N) is 1. The van der Waals surface area contributed by atoms with E-state index in [4.69, 9.17) is 0 Å². The van der Waals surface area contributed by atoms with Crippen molar-refractivity contribution in [2.45, 2.75) is 55.4 Å². The molecule has 0 radical (unpaired) electrons. The molecule has 1 nitrogen and oxygen atoms in total. The lowest BCUT2D eigenvalue weighted by Crippen LogP contribution is -2.26. The van der Waals surface area contributed by atoms with Crippen molar-refractivity contribution in [2.75, 3.05) is 0 Å². The number of allylic oxidation sites excluding steroid dienone is 2. The van der Waals surface area contributed by atoms with Crippen molar-refractivity contribution < 1.29 is 0 Å². The molecule has 0 aromatic carbocycles. The van der Waals surface area contributed by atoms with Gasteiger partial charge in [-0.15, -0.1) is 0 Å². The van der Waals surface area contributed by atoms with E-state index in [2.05, 4.69) is 17.1 Å². The molecule has 0 bridgehead atoms. The lowest BCUT2D eigenvalue weighted by Gasteiger charge is -1.84. The fourth-order valence-corrected chi connectivity index (χ4v) is 0.915. The van der Waals surface area contributed by atoms with Gasteiger partial charge in [0.25, 0.3) is 0 Å². The highest BCUT2D eigenvalue weighted by Crippen LogP contribution is 1.66. The van der Waals surface area contributed by atoms with Gasteiger partial charge in [-0.1, -0.05) is 58.1 Å². The summed E-state index contributed by atoms with van der Waals surface area (Å²) in [4.78, 5) is 4.18. The molecule has 0 aliphatic rings. The third-order valence-corrected chi connectivity index (χ3v) is 1.79. The molecule has 0 N–H and O–H groups in total. The van der Waals surface area contributed by atoms with Crippen molar-refractivity contribution >= 4 is 12.2 Å². The molecule has 0 saturated heterocycles. The maximum absolute atomic E-state index is 4.18. The third-order valence-electron chi connectivity index (χ3n) is 1.79. The Bertz CT molecular complexity index is 338. The lowest BCUT2D eigenvalue weighted by molar-refractivity contribution is 1.21. The molecule has 0 saturated carbocycles. The van der Waals surface area contributed by atoms with Gasteiger partial charge in [0.2, 0.25) is 0 Å². The van der Waals surface area contributed by atoms with E-state index in [1.807, 2.05) is 85.9 Å². The van der Waals surface area contributed by atoms with Crippen LogP contribution >= 0.6 is 0 Å². The van der Waals surface area contributed by atoms with E-state index in [1.165, 1.54) is 5.22 Å². The molecule has 0 aliphatic heterocycles. The first-order valence-electron chi connectivity index (χ1n) is 6.91. The molecule has 1 aromatic rings. The van der Waals surface area contributed by atoms with Gasteiger partial charge < -0.3 is 0 Å². The number of pyridine rings is 1. The van der Waals surface area contributed by atoms with E-state index in [0.717, 1.165) is 5.35 Å². The monoisotopic (exact) mass is 249 g/mol. The van der Waals surface area contributed by atoms with Crippen LogP contribution in [-0.2, 0) is 0 Å². The molecule has 1 rings (SSSR count). The maximum atomic E-state index is 4.18. The minimum Gasteiger partial charge on any atom is -0.257 e. The van der Waals surface area contributed by atoms with Crippen LogP contribution in [0.3, 0.4) is 0 Å². The molecule has 0 unspecified atom stereocenters. The van der Waals surface area contributed by atoms with Crippen molar-refractivity contribution in [1.82, 2.24) is 4.98 Å². The van der Waals surface area contributed by atoms with Crippen LogP contribution < -0.4 is 10.6 Å². The van der Waals surface area contributed by atoms with E-state index in [0.29, 0.717) is 0 Å². The Kier molecular flexibility index (Phi) is 25.5. The van der Waals surface area contributed by atoms with Gasteiger partial charge in [0.1, 0.15) is 0 Å². The van der Waals surface area contributed by atoms with Crippen molar-refractivity contribution in [3.8, 4) is 0 Å². The molecule has 0 spiro atoms. The molecule has 0 aliphatic carbocycles. The second kappa shape index (κ2) is 21.0. The summed E-state index contributed by atoms with van der Waals surface area (Å²) in [6.07, 6.45) is 9.88. The zero-order valence-corrected chi connectivity index (χ0v) is 13.5. The first-order valence-corrected chi connectivity index (χ1v) is 6.91. The van der Waals surface area contributed by atoms with Gasteiger partial charge in [0.05, 0.1) is 5.35 Å².